The number of nitrogens with zero attached hydrogens (tertiary/aromatic N) is 3. The van der Waals surface area contributed by atoms with Gasteiger partial charge in [-0.1, -0.05) is 0 Å². The Hall–Kier alpha value is 1.56. The molecule has 8 heteroatoms. The molecule has 3 rings (SSSR count). The van der Waals surface area contributed by atoms with Crippen LogP contribution in [0.5, 0.6) is 0 Å². The molecule has 3 aliphatic heterocycles. The first-order chi connectivity index (χ1) is 7.33. The Labute approximate surface area is 125 Å². The molecule has 0 N–H and O–H groups in total. The Morgan fingerprint density at radius 3 is 2.87 bits per heavy atom. The average Bonchev–Trinajstić information content (AvgIpc) is 2.85. The van der Waals surface area contributed by atoms with E-state index < -0.39 is 0 Å². The van der Waals surface area contributed by atoms with E-state index in [2.05, 4.69) is 34.4 Å². The summed E-state index contributed by atoms with van der Waals surface area (Å²) in [5, 5.41) is 0. The molecule has 0 fully saturated rings. The maximum atomic E-state index is 4.71. The third-order valence-corrected chi connectivity index (χ3v) is 15.4. The SMILES string of the molecule is CCN1C2=N[Se][Se]C2=C(I)C2=C1[N][Se][Se]2. The topological polar surface area (TPSA) is 29.7 Å². The van der Waals surface area contributed by atoms with Crippen molar-refractivity contribution in [2.24, 2.45) is 4.01 Å². The molecule has 0 bridgehead atoms. The van der Waals surface area contributed by atoms with Crippen LogP contribution in [0.3, 0.4) is 0 Å². The molecule has 79 valence electrons. The molecule has 3 aliphatic rings. The molecule has 0 unspecified atom stereocenters. The van der Waals surface area contributed by atoms with Gasteiger partial charge in [-0.2, -0.15) is 0 Å². The molecule has 15 heavy (non-hydrogen) atoms. The van der Waals surface area contributed by atoms with E-state index in [-0.39, 0.29) is 0 Å². The fraction of sp³-hybridized carbons (Fsp3) is 0.286. The van der Waals surface area contributed by atoms with Gasteiger partial charge in [0.2, 0.25) is 0 Å². The Balaban J connectivity index is 2.14. The molecule has 0 aliphatic carbocycles. The summed E-state index contributed by atoms with van der Waals surface area (Å²) >= 11 is 4.79. The van der Waals surface area contributed by atoms with Gasteiger partial charge in [0.15, 0.2) is 0 Å². The van der Waals surface area contributed by atoms with E-state index >= 15 is 0 Å². The van der Waals surface area contributed by atoms with Gasteiger partial charge in [-0.05, 0) is 0 Å². The monoisotopic (exact) mass is 578 g/mol. The summed E-state index contributed by atoms with van der Waals surface area (Å²) in [7, 11) is 0. The molecule has 0 saturated carbocycles. The number of allylic oxidation sites excluding steroid dienone is 2. The Bertz CT molecular complexity index is 416. The number of halogens is 1. The van der Waals surface area contributed by atoms with Crippen LogP contribution < -0.4 is 4.33 Å². The normalized spacial score (nSPS) is 24.1. The zero-order chi connectivity index (χ0) is 10.4. The van der Waals surface area contributed by atoms with Crippen molar-refractivity contribution < 1.29 is 0 Å². The number of amidine groups is 1. The van der Waals surface area contributed by atoms with E-state index in [1.54, 1.807) is 8.94 Å². The van der Waals surface area contributed by atoms with Crippen molar-refractivity contribution in [2.45, 2.75) is 6.92 Å². The van der Waals surface area contributed by atoms with Crippen molar-refractivity contribution in [1.29, 1.82) is 0 Å². The van der Waals surface area contributed by atoms with Crippen LogP contribution >= 0.6 is 22.6 Å². The number of hydrogen-bond acceptors (Lipinski definition) is 2. The van der Waals surface area contributed by atoms with Crippen molar-refractivity contribution in [3.05, 3.63) is 18.3 Å². The number of likely N-dealkylation sites (N-methyl/N-ethyl adjacent to an activating group) is 1. The van der Waals surface area contributed by atoms with Crippen LogP contribution in [0.25, 0.3) is 0 Å². The molecule has 0 aromatic rings. The number of hydrogen-bond donors (Lipinski definition) is 0. The molecular weight excluding hydrogens is 569 g/mol. The van der Waals surface area contributed by atoms with E-state index in [0.717, 1.165) is 6.54 Å². The third kappa shape index (κ3) is 1.83. The summed E-state index contributed by atoms with van der Waals surface area (Å²) < 4.78 is 14.1. The molecule has 0 spiro atoms. The van der Waals surface area contributed by atoms with Crippen molar-refractivity contribution >= 4 is 81.4 Å². The van der Waals surface area contributed by atoms with Crippen LogP contribution in [0.15, 0.2) is 22.4 Å². The van der Waals surface area contributed by atoms with Gasteiger partial charge in [-0.3, -0.25) is 0 Å². The number of fused-ring (bicyclic) bond motifs is 1. The van der Waals surface area contributed by atoms with Crippen LogP contribution in [0, 0.1) is 0 Å². The zero-order valence-corrected chi connectivity index (χ0v) is 16.6. The van der Waals surface area contributed by atoms with E-state index in [1.807, 2.05) is 0 Å². The molecule has 0 saturated heterocycles. The fourth-order valence-corrected chi connectivity index (χ4v) is 18.2. The van der Waals surface area contributed by atoms with Crippen LogP contribution in [-0.4, -0.2) is 70.2 Å². The second-order valence-corrected chi connectivity index (χ2v) is 14.6. The summed E-state index contributed by atoms with van der Waals surface area (Å²) in [6.07, 6.45) is 0. The first kappa shape index (κ1) is 11.6. The summed E-state index contributed by atoms with van der Waals surface area (Å²) in [5.74, 6) is 2.52. The van der Waals surface area contributed by atoms with Gasteiger partial charge in [0.05, 0.1) is 0 Å². The Morgan fingerprint density at radius 2 is 2.07 bits per heavy atom. The predicted molar refractivity (Wildman–Crippen MR) is 73.0 cm³/mol. The van der Waals surface area contributed by atoms with Gasteiger partial charge in [0.1, 0.15) is 0 Å². The molecule has 1 radical (unpaired) electrons. The minimum absolute atomic E-state index is 0.499. The van der Waals surface area contributed by atoms with Gasteiger partial charge >= 0.3 is 126 Å². The predicted octanol–water partition coefficient (Wildman–Crippen LogP) is -0.355. The van der Waals surface area contributed by atoms with Crippen molar-refractivity contribution in [3.8, 4) is 0 Å². The maximum absolute atomic E-state index is 4.71. The van der Waals surface area contributed by atoms with Gasteiger partial charge in [-0.15, -0.1) is 0 Å². The summed E-state index contributed by atoms with van der Waals surface area (Å²) in [6.45, 7) is 3.22. The first-order valence-corrected chi connectivity index (χ1v) is 17.2. The van der Waals surface area contributed by atoms with E-state index in [9.17, 15) is 0 Å². The molecule has 0 aromatic carbocycles. The Kier molecular flexibility index (Phi) is 3.63. The first-order valence-electron chi connectivity index (χ1n) is 4.21. The molecular formula is C7H5IN3Se4. The summed E-state index contributed by atoms with van der Waals surface area (Å²) in [4.78, 5) is 2.35. The molecule has 3 heterocycles. The number of rotatable bonds is 1. The van der Waals surface area contributed by atoms with Gasteiger partial charge in [0.25, 0.3) is 0 Å². The fourth-order valence-electron chi connectivity index (χ4n) is 1.46. The van der Waals surface area contributed by atoms with E-state index in [4.69, 9.17) is 8.34 Å². The van der Waals surface area contributed by atoms with Crippen molar-refractivity contribution in [2.75, 3.05) is 6.54 Å². The molecule has 0 atom stereocenters. The molecule has 0 aromatic heterocycles. The second kappa shape index (κ2) is 4.67. The van der Waals surface area contributed by atoms with Crippen molar-refractivity contribution in [1.82, 2.24) is 9.23 Å². The average molecular weight is 574 g/mol. The zero-order valence-electron chi connectivity index (χ0n) is 7.56. The van der Waals surface area contributed by atoms with Crippen LogP contribution in [0.2, 0.25) is 0 Å². The van der Waals surface area contributed by atoms with Crippen LogP contribution in [-0.2, 0) is 0 Å². The van der Waals surface area contributed by atoms with Gasteiger partial charge < -0.3 is 0 Å². The third-order valence-electron chi connectivity index (χ3n) is 2.12. The molecule has 3 nitrogen and oxygen atoms in total. The summed E-state index contributed by atoms with van der Waals surface area (Å²) in [5.41, 5.74) is 0. The standard InChI is InChI=1S/C7H5IN3Se4/c1-2-11-6-4(12-14-9-6)3(8)5-7(11)10-15-13-5/h2H2,1H3. The quantitative estimate of drug-likeness (QED) is 0.312. The van der Waals surface area contributed by atoms with Crippen LogP contribution in [0.4, 0.5) is 0 Å². The van der Waals surface area contributed by atoms with E-state index in [0.29, 0.717) is 53.0 Å². The second-order valence-electron chi connectivity index (χ2n) is 2.86. The van der Waals surface area contributed by atoms with Gasteiger partial charge in [0, 0.05) is 0 Å². The van der Waals surface area contributed by atoms with E-state index in [1.165, 1.54) is 15.2 Å². The summed E-state index contributed by atoms with van der Waals surface area (Å²) in [6, 6.07) is 0. The molecule has 0 amide bonds. The Morgan fingerprint density at radius 1 is 1.27 bits per heavy atom. The minimum atomic E-state index is 0.499. The van der Waals surface area contributed by atoms with Crippen LogP contribution in [0.1, 0.15) is 6.92 Å². The van der Waals surface area contributed by atoms with Gasteiger partial charge in [-0.25, -0.2) is 0 Å². The van der Waals surface area contributed by atoms with Crippen molar-refractivity contribution in [3.63, 3.8) is 0 Å².